The summed E-state index contributed by atoms with van der Waals surface area (Å²) >= 11 is 0. The standard InChI is InChI=1S/C27H33N5O3/c1-35-23-7-5-20(6-8-23)18-28-27(34)31-14-9-21(10-15-31)22-11-16-32-25(17-22)24(19-29-32)26(33)30-12-3-2-4-13-30/h5-8,11,16-17,19,21H,2-4,9-10,12-15,18H2,1H3,(H,28,34). The number of carbonyl (C=O) groups is 2. The topological polar surface area (TPSA) is 79.2 Å². The minimum Gasteiger partial charge on any atom is -0.497 e. The van der Waals surface area contributed by atoms with Crippen LogP contribution in [0.25, 0.3) is 5.52 Å². The first kappa shape index (κ1) is 23.2. The number of piperidine rings is 2. The Labute approximate surface area is 205 Å². The smallest absolute Gasteiger partial charge is 0.317 e. The number of fused-ring (bicyclic) bond motifs is 1. The highest BCUT2D eigenvalue weighted by Gasteiger charge is 2.26. The molecule has 0 aliphatic carbocycles. The van der Waals surface area contributed by atoms with Crippen LogP contribution in [0.2, 0.25) is 0 Å². The Morgan fingerprint density at radius 1 is 1.00 bits per heavy atom. The zero-order chi connectivity index (χ0) is 24.2. The lowest BCUT2D eigenvalue weighted by atomic mass is 9.89. The molecule has 8 nitrogen and oxygen atoms in total. The lowest BCUT2D eigenvalue weighted by Gasteiger charge is -2.32. The normalized spacial score (nSPS) is 16.9. The fourth-order valence-electron chi connectivity index (χ4n) is 5.13. The van der Waals surface area contributed by atoms with Crippen molar-refractivity contribution in [1.82, 2.24) is 24.7 Å². The maximum Gasteiger partial charge on any atom is 0.317 e. The summed E-state index contributed by atoms with van der Waals surface area (Å²) in [6, 6.07) is 11.9. The van der Waals surface area contributed by atoms with Crippen molar-refractivity contribution < 1.29 is 14.3 Å². The highest BCUT2D eigenvalue weighted by molar-refractivity contribution is 6.00. The number of nitrogens with zero attached hydrogens (tertiary/aromatic N) is 4. The maximum absolute atomic E-state index is 13.1. The molecule has 2 fully saturated rings. The Bertz CT molecular complexity index is 1180. The van der Waals surface area contributed by atoms with Gasteiger partial charge in [-0.25, -0.2) is 9.31 Å². The van der Waals surface area contributed by atoms with Gasteiger partial charge in [-0.1, -0.05) is 12.1 Å². The van der Waals surface area contributed by atoms with E-state index in [4.69, 9.17) is 4.74 Å². The Morgan fingerprint density at radius 3 is 2.46 bits per heavy atom. The molecule has 5 rings (SSSR count). The van der Waals surface area contributed by atoms with Crippen LogP contribution in [-0.4, -0.2) is 64.6 Å². The van der Waals surface area contributed by atoms with Crippen molar-refractivity contribution in [3.8, 4) is 5.75 Å². The second kappa shape index (κ2) is 10.4. The van der Waals surface area contributed by atoms with Gasteiger partial charge in [-0.2, -0.15) is 5.10 Å². The van der Waals surface area contributed by atoms with E-state index in [0.717, 1.165) is 55.6 Å². The molecule has 35 heavy (non-hydrogen) atoms. The number of pyridine rings is 1. The molecule has 0 unspecified atom stereocenters. The van der Waals surface area contributed by atoms with Crippen molar-refractivity contribution in [3.05, 3.63) is 65.5 Å². The molecule has 8 heteroatoms. The van der Waals surface area contributed by atoms with Gasteiger partial charge in [0.25, 0.3) is 5.91 Å². The number of ether oxygens (including phenoxy) is 1. The molecule has 0 radical (unpaired) electrons. The van der Waals surface area contributed by atoms with Gasteiger partial charge < -0.3 is 19.9 Å². The van der Waals surface area contributed by atoms with E-state index in [1.807, 2.05) is 40.3 Å². The van der Waals surface area contributed by atoms with Gasteiger partial charge in [0.2, 0.25) is 0 Å². The van der Waals surface area contributed by atoms with E-state index in [-0.39, 0.29) is 11.9 Å². The highest BCUT2D eigenvalue weighted by Crippen LogP contribution is 2.30. The van der Waals surface area contributed by atoms with Gasteiger partial charge in [-0.15, -0.1) is 0 Å². The molecule has 184 valence electrons. The highest BCUT2D eigenvalue weighted by atomic mass is 16.5. The molecule has 1 aromatic carbocycles. The summed E-state index contributed by atoms with van der Waals surface area (Å²) in [5, 5.41) is 7.44. The van der Waals surface area contributed by atoms with Gasteiger partial charge in [0.1, 0.15) is 5.75 Å². The number of hydrogen-bond acceptors (Lipinski definition) is 4. The molecule has 2 saturated heterocycles. The number of likely N-dealkylation sites (tertiary alicyclic amines) is 2. The lowest BCUT2D eigenvalue weighted by molar-refractivity contribution is 0.0726. The second-order valence-corrected chi connectivity index (χ2v) is 9.47. The molecule has 2 aromatic heterocycles. The van der Waals surface area contributed by atoms with Gasteiger partial charge in [0, 0.05) is 38.9 Å². The van der Waals surface area contributed by atoms with Crippen LogP contribution in [0, 0.1) is 0 Å². The molecule has 0 bridgehead atoms. The zero-order valence-electron chi connectivity index (χ0n) is 20.3. The number of aromatic nitrogens is 2. The molecule has 0 atom stereocenters. The summed E-state index contributed by atoms with van der Waals surface area (Å²) in [5.74, 6) is 1.25. The number of benzene rings is 1. The number of hydrogen-bond donors (Lipinski definition) is 1. The Balaban J connectivity index is 1.19. The van der Waals surface area contributed by atoms with Crippen LogP contribution in [0.3, 0.4) is 0 Å². The summed E-state index contributed by atoms with van der Waals surface area (Å²) < 4.78 is 6.98. The van der Waals surface area contributed by atoms with Crippen molar-refractivity contribution in [2.24, 2.45) is 0 Å². The summed E-state index contributed by atoms with van der Waals surface area (Å²) in [7, 11) is 1.64. The van der Waals surface area contributed by atoms with Crippen LogP contribution in [-0.2, 0) is 6.54 Å². The Kier molecular flexibility index (Phi) is 6.88. The monoisotopic (exact) mass is 475 g/mol. The number of carbonyl (C=O) groups excluding carboxylic acids is 2. The number of amides is 3. The van der Waals surface area contributed by atoms with E-state index >= 15 is 0 Å². The van der Waals surface area contributed by atoms with Gasteiger partial charge in [0.15, 0.2) is 0 Å². The predicted molar refractivity (Wildman–Crippen MR) is 134 cm³/mol. The average Bonchev–Trinajstić information content (AvgIpc) is 3.35. The molecule has 4 heterocycles. The first-order valence-electron chi connectivity index (χ1n) is 12.5. The summed E-state index contributed by atoms with van der Waals surface area (Å²) in [5.41, 5.74) is 3.81. The van der Waals surface area contributed by atoms with Crippen molar-refractivity contribution >= 4 is 17.5 Å². The molecule has 2 aliphatic rings. The van der Waals surface area contributed by atoms with E-state index in [2.05, 4.69) is 22.5 Å². The Hall–Kier alpha value is -3.55. The predicted octanol–water partition coefficient (Wildman–Crippen LogP) is 4.06. The maximum atomic E-state index is 13.1. The molecule has 0 saturated carbocycles. The van der Waals surface area contributed by atoms with Crippen molar-refractivity contribution in [2.75, 3.05) is 33.3 Å². The number of urea groups is 1. The minimum atomic E-state index is -0.0278. The molecule has 2 aliphatic heterocycles. The quantitative estimate of drug-likeness (QED) is 0.604. The molecule has 3 aromatic rings. The fourth-order valence-corrected chi connectivity index (χ4v) is 5.13. The van der Waals surface area contributed by atoms with Crippen LogP contribution < -0.4 is 10.1 Å². The number of rotatable bonds is 5. The zero-order valence-corrected chi connectivity index (χ0v) is 20.3. The number of nitrogens with one attached hydrogen (secondary N) is 1. The fraction of sp³-hybridized carbons (Fsp3) is 0.444. The van der Waals surface area contributed by atoms with Crippen molar-refractivity contribution in [2.45, 2.75) is 44.6 Å². The van der Waals surface area contributed by atoms with Crippen LogP contribution in [0.15, 0.2) is 48.8 Å². The van der Waals surface area contributed by atoms with Gasteiger partial charge in [0.05, 0.1) is 24.4 Å². The van der Waals surface area contributed by atoms with Crippen LogP contribution in [0.5, 0.6) is 5.75 Å². The molecular weight excluding hydrogens is 442 g/mol. The van der Waals surface area contributed by atoms with Crippen LogP contribution in [0.4, 0.5) is 4.79 Å². The second-order valence-electron chi connectivity index (χ2n) is 9.47. The lowest BCUT2D eigenvalue weighted by Crippen LogP contribution is -2.43. The summed E-state index contributed by atoms with van der Waals surface area (Å²) in [6.45, 7) is 3.57. The first-order chi connectivity index (χ1) is 17.1. The van der Waals surface area contributed by atoms with E-state index in [1.165, 1.54) is 12.0 Å². The first-order valence-corrected chi connectivity index (χ1v) is 12.5. The average molecular weight is 476 g/mol. The summed E-state index contributed by atoms with van der Waals surface area (Å²) in [6.07, 6.45) is 8.79. The van der Waals surface area contributed by atoms with Gasteiger partial charge >= 0.3 is 6.03 Å². The largest absolute Gasteiger partial charge is 0.497 e. The third-order valence-corrected chi connectivity index (χ3v) is 7.28. The van der Waals surface area contributed by atoms with Gasteiger partial charge in [-0.3, -0.25) is 4.79 Å². The van der Waals surface area contributed by atoms with Crippen LogP contribution >= 0.6 is 0 Å². The van der Waals surface area contributed by atoms with E-state index < -0.39 is 0 Å². The third kappa shape index (κ3) is 5.11. The van der Waals surface area contributed by atoms with Crippen molar-refractivity contribution in [1.29, 1.82) is 0 Å². The van der Waals surface area contributed by atoms with Crippen LogP contribution in [0.1, 0.15) is 59.5 Å². The van der Waals surface area contributed by atoms with E-state index in [9.17, 15) is 9.59 Å². The third-order valence-electron chi connectivity index (χ3n) is 7.28. The molecule has 0 spiro atoms. The van der Waals surface area contributed by atoms with Gasteiger partial charge in [-0.05, 0) is 73.4 Å². The number of methoxy groups -OCH3 is 1. The molecule has 3 amide bonds. The van der Waals surface area contributed by atoms with E-state index in [0.29, 0.717) is 31.1 Å². The minimum absolute atomic E-state index is 0.0278. The molecular formula is C27H33N5O3. The van der Waals surface area contributed by atoms with E-state index in [1.54, 1.807) is 17.8 Å². The SMILES string of the molecule is COc1ccc(CNC(=O)N2CCC(c3ccn4ncc(C(=O)N5CCCCC5)c4c3)CC2)cc1. The Morgan fingerprint density at radius 2 is 1.74 bits per heavy atom. The van der Waals surface area contributed by atoms with Crippen molar-refractivity contribution in [3.63, 3.8) is 0 Å². The summed E-state index contributed by atoms with van der Waals surface area (Å²) in [4.78, 5) is 29.6. The molecule has 1 N–H and O–H groups in total.